The van der Waals surface area contributed by atoms with Crippen molar-refractivity contribution in [2.45, 2.75) is 38.3 Å². The highest BCUT2D eigenvalue weighted by Crippen LogP contribution is 2.44. The Kier molecular flexibility index (Phi) is 8.06. The second-order valence-corrected chi connectivity index (χ2v) is 8.34. The first-order valence-corrected chi connectivity index (χ1v) is 11.0. The molecule has 1 aliphatic carbocycles. The number of methoxy groups -OCH3 is 1. The highest BCUT2D eigenvalue weighted by molar-refractivity contribution is 5.84. The van der Waals surface area contributed by atoms with Gasteiger partial charge in [0.25, 0.3) is 0 Å². The number of nitrogens with one attached hydrogen (secondary N) is 2. The molecule has 0 saturated carbocycles. The first kappa shape index (κ1) is 24.3. The van der Waals surface area contributed by atoms with Crippen LogP contribution in [0.25, 0.3) is 11.1 Å². The smallest absolute Gasteiger partial charge is 0.407 e. The van der Waals surface area contributed by atoms with Crippen molar-refractivity contribution < 1.29 is 29.0 Å². The quantitative estimate of drug-likeness (QED) is 0.508. The van der Waals surface area contributed by atoms with Crippen LogP contribution in [0.1, 0.15) is 37.3 Å². The number of carbonyl (C=O) groups is 3. The van der Waals surface area contributed by atoms with E-state index in [-0.39, 0.29) is 31.4 Å². The van der Waals surface area contributed by atoms with Crippen molar-refractivity contribution in [1.82, 2.24) is 10.6 Å². The molecule has 1 aliphatic rings. The molecule has 0 spiro atoms. The normalized spacial score (nSPS) is 15.0. The maximum atomic E-state index is 12.3. The summed E-state index contributed by atoms with van der Waals surface area (Å²) >= 11 is 0. The van der Waals surface area contributed by atoms with Gasteiger partial charge in [-0.15, -0.1) is 0 Å². The minimum Gasteiger partial charge on any atom is -0.480 e. The van der Waals surface area contributed by atoms with Crippen LogP contribution in [0.4, 0.5) is 4.79 Å². The summed E-state index contributed by atoms with van der Waals surface area (Å²) in [6.07, 6.45) is -1.16. The third kappa shape index (κ3) is 5.90. The third-order valence-electron chi connectivity index (χ3n) is 5.90. The van der Waals surface area contributed by atoms with E-state index in [0.29, 0.717) is 0 Å². The van der Waals surface area contributed by atoms with Crippen molar-refractivity contribution in [2.24, 2.45) is 5.92 Å². The Hall–Kier alpha value is -3.39. The molecular weight excluding hydrogens is 424 g/mol. The number of hydrogen-bond donors (Lipinski definition) is 3. The molecule has 8 heteroatoms. The molecule has 0 fully saturated rings. The fourth-order valence-corrected chi connectivity index (χ4v) is 4.04. The summed E-state index contributed by atoms with van der Waals surface area (Å²) in [4.78, 5) is 35.8. The average Bonchev–Trinajstić information content (AvgIpc) is 3.13. The molecule has 0 aliphatic heterocycles. The molecule has 3 atom stereocenters. The van der Waals surface area contributed by atoms with Crippen molar-refractivity contribution in [3.8, 4) is 11.1 Å². The van der Waals surface area contributed by atoms with Gasteiger partial charge in [-0.1, -0.05) is 55.5 Å². The molecule has 0 aromatic heterocycles. The minimum absolute atomic E-state index is 0.0259. The first-order chi connectivity index (χ1) is 15.8. The second kappa shape index (κ2) is 11.0. The van der Waals surface area contributed by atoms with Gasteiger partial charge in [-0.25, -0.2) is 9.59 Å². The van der Waals surface area contributed by atoms with E-state index >= 15 is 0 Å². The molecule has 2 aromatic carbocycles. The van der Waals surface area contributed by atoms with Crippen molar-refractivity contribution in [1.29, 1.82) is 0 Å². The number of fused-ring (bicyclic) bond motifs is 3. The fourth-order valence-electron chi connectivity index (χ4n) is 4.04. The van der Waals surface area contributed by atoms with Crippen LogP contribution in [-0.2, 0) is 19.1 Å². The standard InChI is InChI=1S/C25H30N2O6/c1-15(12-22(28)27-23(24(29)30)16(2)32-3)13-26-25(31)33-14-21-19-10-6-4-8-17(19)18-9-5-7-11-20(18)21/h4-11,15-16,21,23H,12-14H2,1-3H3,(H,26,31)(H,27,28)(H,29,30)/t15?,16-,23+/m1/s1. The second-order valence-electron chi connectivity index (χ2n) is 8.34. The van der Waals surface area contributed by atoms with Crippen LogP contribution < -0.4 is 10.6 Å². The minimum atomic E-state index is -1.16. The number of alkyl carbamates (subject to hydrolysis) is 1. The maximum Gasteiger partial charge on any atom is 0.407 e. The number of carboxylic acids is 1. The molecule has 3 rings (SSSR count). The van der Waals surface area contributed by atoms with E-state index in [9.17, 15) is 19.5 Å². The summed E-state index contributed by atoms with van der Waals surface area (Å²) < 4.78 is 10.5. The Balaban J connectivity index is 1.47. The number of carbonyl (C=O) groups excluding carboxylic acids is 2. The largest absolute Gasteiger partial charge is 0.480 e. The number of benzene rings is 2. The molecule has 2 aromatic rings. The van der Waals surface area contributed by atoms with E-state index < -0.39 is 30.1 Å². The molecule has 0 bridgehead atoms. The van der Waals surface area contributed by atoms with Crippen LogP contribution in [0.15, 0.2) is 48.5 Å². The summed E-state index contributed by atoms with van der Waals surface area (Å²) in [6, 6.07) is 15.1. The van der Waals surface area contributed by atoms with E-state index in [1.165, 1.54) is 7.11 Å². The summed E-state index contributed by atoms with van der Waals surface area (Å²) in [6.45, 7) is 3.80. The van der Waals surface area contributed by atoms with Crippen molar-refractivity contribution >= 4 is 18.0 Å². The highest BCUT2D eigenvalue weighted by Gasteiger charge is 2.29. The lowest BCUT2D eigenvalue weighted by molar-refractivity contribution is -0.145. The molecule has 3 N–H and O–H groups in total. The molecule has 33 heavy (non-hydrogen) atoms. The van der Waals surface area contributed by atoms with Gasteiger partial charge in [-0.05, 0) is 35.1 Å². The topological polar surface area (TPSA) is 114 Å². The zero-order valence-corrected chi connectivity index (χ0v) is 19.0. The van der Waals surface area contributed by atoms with Crippen LogP contribution in [-0.4, -0.2) is 55.5 Å². The lowest BCUT2D eigenvalue weighted by Gasteiger charge is -2.21. The summed E-state index contributed by atoms with van der Waals surface area (Å²) in [5, 5.41) is 14.4. The Morgan fingerprint density at radius 2 is 1.58 bits per heavy atom. The number of carboxylic acid groups (broad SMARTS) is 1. The average molecular weight is 455 g/mol. The van der Waals surface area contributed by atoms with Crippen molar-refractivity contribution in [3.63, 3.8) is 0 Å². The van der Waals surface area contributed by atoms with E-state index in [0.717, 1.165) is 22.3 Å². The Morgan fingerprint density at radius 3 is 2.12 bits per heavy atom. The molecule has 2 amide bonds. The van der Waals surface area contributed by atoms with E-state index in [1.807, 2.05) is 24.3 Å². The van der Waals surface area contributed by atoms with Crippen LogP contribution in [0, 0.1) is 5.92 Å². The van der Waals surface area contributed by atoms with Gasteiger partial charge in [0.1, 0.15) is 6.61 Å². The molecule has 1 unspecified atom stereocenters. The molecule has 8 nitrogen and oxygen atoms in total. The predicted octanol–water partition coefficient (Wildman–Crippen LogP) is 3.16. The number of hydrogen-bond acceptors (Lipinski definition) is 5. The van der Waals surface area contributed by atoms with Crippen LogP contribution in [0.3, 0.4) is 0 Å². The monoisotopic (exact) mass is 454 g/mol. The number of amides is 2. The Labute approximate surface area is 193 Å². The zero-order valence-electron chi connectivity index (χ0n) is 19.0. The van der Waals surface area contributed by atoms with Gasteiger partial charge in [0.15, 0.2) is 6.04 Å². The summed E-state index contributed by atoms with van der Waals surface area (Å²) in [7, 11) is 1.38. The van der Waals surface area contributed by atoms with Gasteiger partial charge in [0, 0.05) is 26.0 Å². The zero-order chi connectivity index (χ0) is 24.0. The molecule has 176 valence electrons. The third-order valence-corrected chi connectivity index (χ3v) is 5.90. The molecule has 0 saturated heterocycles. The van der Waals surface area contributed by atoms with E-state index in [2.05, 4.69) is 34.9 Å². The van der Waals surface area contributed by atoms with Gasteiger partial charge in [0.2, 0.25) is 5.91 Å². The highest BCUT2D eigenvalue weighted by atomic mass is 16.5. The van der Waals surface area contributed by atoms with Crippen LogP contribution in [0.5, 0.6) is 0 Å². The van der Waals surface area contributed by atoms with E-state index in [4.69, 9.17) is 9.47 Å². The lowest BCUT2D eigenvalue weighted by Crippen LogP contribution is -2.48. The summed E-state index contributed by atoms with van der Waals surface area (Å²) in [5.41, 5.74) is 4.58. The summed E-state index contributed by atoms with van der Waals surface area (Å²) in [5.74, 6) is -1.82. The van der Waals surface area contributed by atoms with Crippen molar-refractivity contribution in [2.75, 3.05) is 20.3 Å². The number of ether oxygens (including phenoxy) is 2. The van der Waals surface area contributed by atoms with Gasteiger partial charge < -0.3 is 25.2 Å². The predicted molar refractivity (Wildman–Crippen MR) is 123 cm³/mol. The van der Waals surface area contributed by atoms with Gasteiger partial charge in [-0.3, -0.25) is 4.79 Å². The first-order valence-electron chi connectivity index (χ1n) is 11.0. The van der Waals surface area contributed by atoms with Gasteiger partial charge >= 0.3 is 12.1 Å². The Bertz CT molecular complexity index is 962. The number of rotatable bonds is 10. The van der Waals surface area contributed by atoms with Gasteiger partial charge in [-0.2, -0.15) is 0 Å². The molecular formula is C25H30N2O6. The lowest BCUT2D eigenvalue weighted by atomic mass is 9.98. The fraction of sp³-hybridized carbons (Fsp3) is 0.400. The van der Waals surface area contributed by atoms with Crippen LogP contribution >= 0.6 is 0 Å². The molecule has 0 radical (unpaired) electrons. The molecule has 0 heterocycles. The van der Waals surface area contributed by atoms with Crippen LogP contribution in [0.2, 0.25) is 0 Å². The SMILES string of the molecule is CO[C@H](C)[C@H](NC(=O)CC(C)CNC(=O)OCC1c2ccccc2-c2ccccc21)C(=O)O. The van der Waals surface area contributed by atoms with E-state index in [1.54, 1.807) is 13.8 Å². The van der Waals surface area contributed by atoms with Gasteiger partial charge in [0.05, 0.1) is 6.10 Å². The maximum absolute atomic E-state index is 12.3. The number of aliphatic carboxylic acids is 1. The van der Waals surface area contributed by atoms with Crippen molar-refractivity contribution in [3.05, 3.63) is 59.7 Å². The Morgan fingerprint density at radius 1 is 1.00 bits per heavy atom.